The highest BCUT2D eigenvalue weighted by Crippen LogP contribution is 2.33. The van der Waals surface area contributed by atoms with E-state index in [9.17, 15) is 18.7 Å². The van der Waals surface area contributed by atoms with Crippen LogP contribution in [-0.4, -0.2) is 16.2 Å². The summed E-state index contributed by atoms with van der Waals surface area (Å²) in [5, 5.41) is 17.7. The van der Waals surface area contributed by atoms with Crippen molar-refractivity contribution in [3.8, 4) is 5.75 Å². The van der Waals surface area contributed by atoms with Crippen molar-refractivity contribution in [2.75, 3.05) is 0 Å². The molecule has 0 saturated carbocycles. The van der Waals surface area contributed by atoms with Crippen LogP contribution in [0.25, 0.3) is 0 Å². The molecule has 0 radical (unpaired) electrons. The first-order valence-corrected chi connectivity index (χ1v) is 4.50. The predicted molar refractivity (Wildman–Crippen MR) is 50.3 cm³/mol. The van der Waals surface area contributed by atoms with Gasteiger partial charge in [0.2, 0.25) is 0 Å². The lowest BCUT2D eigenvalue weighted by Gasteiger charge is -2.11. The van der Waals surface area contributed by atoms with Crippen molar-refractivity contribution in [1.82, 2.24) is 0 Å². The van der Waals surface area contributed by atoms with E-state index in [1.807, 2.05) is 0 Å². The van der Waals surface area contributed by atoms with E-state index in [1.165, 1.54) is 0 Å². The van der Waals surface area contributed by atoms with Crippen LogP contribution in [0.2, 0.25) is 0 Å². The molecule has 0 fully saturated rings. The maximum Gasteiger partial charge on any atom is 0.325 e. The second-order valence-corrected chi connectivity index (χ2v) is 3.53. The van der Waals surface area contributed by atoms with Gasteiger partial charge in [0.05, 0.1) is 10.0 Å². The van der Waals surface area contributed by atoms with Gasteiger partial charge >= 0.3 is 5.97 Å². The molecule has 0 aromatic heterocycles. The lowest BCUT2D eigenvalue weighted by atomic mass is 10.1. The van der Waals surface area contributed by atoms with E-state index in [0.717, 1.165) is 0 Å². The molecule has 0 aliphatic rings. The highest BCUT2D eigenvalue weighted by Gasteiger charge is 2.26. The molecule has 0 aliphatic heterocycles. The molecule has 15 heavy (non-hydrogen) atoms. The van der Waals surface area contributed by atoms with Crippen molar-refractivity contribution in [2.24, 2.45) is 5.73 Å². The van der Waals surface area contributed by atoms with E-state index in [-0.39, 0.29) is 0 Å². The quantitative estimate of drug-likeness (QED) is 0.718. The van der Waals surface area contributed by atoms with Gasteiger partial charge in [-0.2, -0.15) is 0 Å². The molecule has 0 bridgehead atoms. The van der Waals surface area contributed by atoms with Gasteiger partial charge in [0, 0.05) is 6.07 Å². The summed E-state index contributed by atoms with van der Waals surface area (Å²) >= 11 is 2.57. The zero-order chi connectivity index (χ0) is 11.7. The Morgan fingerprint density at radius 2 is 2.07 bits per heavy atom. The summed E-state index contributed by atoms with van der Waals surface area (Å²) in [4.78, 5) is 10.5. The van der Waals surface area contributed by atoms with Crippen molar-refractivity contribution in [1.29, 1.82) is 0 Å². The molecular weight excluding hydrogens is 276 g/mol. The molecule has 4 N–H and O–H groups in total. The Morgan fingerprint density at radius 3 is 2.53 bits per heavy atom. The number of hydrogen-bond acceptors (Lipinski definition) is 3. The number of rotatable bonds is 2. The number of carbonyl (C=O) groups is 1. The largest absolute Gasteiger partial charge is 0.507 e. The van der Waals surface area contributed by atoms with Crippen molar-refractivity contribution < 1.29 is 23.8 Å². The third-order valence-corrected chi connectivity index (χ3v) is 2.48. The lowest BCUT2D eigenvalue weighted by molar-refractivity contribution is -0.138. The highest BCUT2D eigenvalue weighted by molar-refractivity contribution is 9.10. The van der Waals surface area contributed by atoms with Crippen molar-refractivity contribution >= 4 is 21.9 Å². The Labute approximate surface area is 91.4 Å². The summed E-state index contributed by atoms with van der Waals surface area (Å²) < 4.78 is 25.6. The molecule has 1 atom stereocenters. The van der Waals surface area contributed by atoms with E-state index in [0.29, 0.717) is 6.07 Å². The number of phenolic OH excluding ortho intramolecular Hbond substituents is 1. The molecule has 7 heteroatoms. The van der Waals surface area contributed by atoms with E-state index in [1.54, 1.807) is 0 Å². The molecule has 0 saturated heterocycles. The van der Waals surface area contributed by atoms with Crippen LogP contribution in [0.5, 0.6) is 5.75 Å². The van der Waals surface area contributed by atoms with Gasteiger partial charge in [-0.1, -0.05) is 0 Å². The summed E-state index contributed by atoms with van der Waals surface area (Å²) in [5.41, 5.74) is 4.46. The summed E-state index contributed by atoms with van der Waals surface area (Å²) in [7, 11) is 0. The Balaban J connectivity index is 3.42. The number of carboxylic acid groups (broad SMARTS) is 1. The van der Waals surface area contributed by atoms with Crippen molar-refractivity contribution in [3.05, 3.63) is 27.7 Å². The number of carboxylic acids is 1. The van der Waals surface area contributed by atoms with E-state index in [2.05, 4.69) is 15.9 Å². The minimum absolute atomic E-state index is 0.563. The van der Waals surface area contributed by atoms with Crippen LogP contribution < -0.4 is 5.73 Å². The van der Waals surface area contributed by atoms with E-state index < -0.39 is 39.4 Å². The fourth-order valence-electron chi connectivity index (χ4n) is 1.02. The molecule has 0 heterocycles. The van der Waals surface area contributed by atoms with Gasteiger partial charge in [-0.05, 0) is 15.9 Å². The minimum Gasteiger partial charge on any atom is -0.507 e. The average molecular weight is 282 g/mol. The molecule has 1 rings (SSSR count). The second-order valence-electron chi connectivity index (χ2n) is 2.74. The summed E-state index contributed by atoms with van der Waals surface area (Å²) in [6.07, 6.45) is 0. The Bertz CT molecular complexity index is 425. The van der Waals surface area contributed by atoms with E-state index >= 15 is 0 Å². The standard InChI is InChI=1S/C8H6BrF2NO3/c9-5-2(10)1-3(13)4(6(5)11)7(12)8(14)15/h1,7,13H,12H2,(H,14,15). The first-order valence-electron chi connectivity index (χ1n) is 3.71. The van der Waals surface area contributed by atoms with Crippen LogP contribution in [0, 0.1) is 11.6 Å². The summed E-state index contributed by atoms with van der Waals surface area (Å²) in [6, 6.07) is -1.16. The van der Waals surface area contributed by atoms with Crippen LogP contribution >= 0.6 is 15.9 Å². The van der Waals surface area contributed by atoms with Gasteiger partial charge in [-0.25, -0.2) is 8.78 Å². The molecular formula is C8H6BrF2NO3. The zero-order valence-corrected chi connectivity index (χ0v) is 8.75. The SMILES string of the molecule is NC(C(=O)O)c1c(O)cc(F)c(Br)c1F. The van der Waals surface area contributed by atoms with Crippen molar-refractivity contribution in [3.63, 3.8) is 0 Å². The highest BCUT2D eigenvalue weighted by atomic mass is 79.9. The predicted octanol–water partition coefficient (Wildman–Crippen LogP) is 1.52. The van der Waals surface area contributed by atoms with Crippen molar-refractivity contribution in [2.45, 2.75) is 6.04 Å². The van der Waals surface area contributed by atoms with Crippen LogP contribution in [-0.2, 0) is 4.79 Å². The number of hydrogen-bond donors (Lipinski definition) is 3. The molecule has 1 unspecified atom stereocenters. The minimum atomic E-state index is -1.75. The Morgan fingerprint density at radius 1 is 1.53 bits per heavy atom. The first-order chi connectivity index (χ1) is 6.86. The van der Waals surface area contributed by atoms with Crippen LogP contribution in [0.3, 0.4) is 0 Å². The second kappa shape index (κ2) is 4.11. The monoisotopic (exact) mass is 281 g/mol. The number of nitrogens with two attached hydrogens (primary N) is 1. The number of benzene rings is 1. The summed E-state index contributed by atoms with van der Waals surface area (Å²) in [5.74, 6) is -4.61. The fraction of sp³-hybridized carbons (Fsp3) is 0.125. The third-order valence-electron chi connectivity index (χ3n) is 1.76. The molecule has 1 aromatic carbocycles. The first kappa shape index (κ1) is 11.9. The molecule has 0 amide bonds. The van der Waals surface area contributed by atoms with Crippen LogP contribution in [0.4, 0.5) is 8.78 Å². The lowest BCUT2D eigenvalue weighted by Crippen LogP contribution is -2.22. The normalized spacial score (nSPS) is 12.5. The Hall–Kier alpha value is -1.21. The third kappa shape index (κ3) is 2.07. The van der Waals surface area contributed by atoms with E-state index in [4.69, 9.17) is 10.8 Å². The molecule has 0 spiro atoms. The maximum absolute atomic E-state index is 13.3. The molecule has 0 aliphatic carbocycles. The van der Waals surface area contributed by atoms with Gasteiger partial charge in [0.25, 0.3) is 0 Å². The van der Waals surface area contributed by atoms with Crippen LogP contribution in [0.15, 0.2) is 10.5 Å². The molecule has 4 nitrogen and oxygen atoms in total. The van der Waals surface area contributed by atoms with Gasteiger partial charge in [-0.3, -0.25) is 4.79 Å². The summed E-state index contributed by atoms with van der Waals surface area (Å²) in [6.45, 7) is 0. The molecule has 1 aromatic rings. The fourth-order valence-corrected chi connectivity index (χ4v) is 1.34. The van der Waals surface area contributed by atoms with Gasteiger partial charge < -0.3 is 15.9 Å². The number of aromatic hydroxyl groups is 1. The van der Waals surface area contributed by atoms with Gasteiger partial charge in [-0.15, -0.1) is 0 Å². The maximum atomic E-state index is 13.3. The number of halogens is 3. The van der Waals surface area contributed by atoms with Crippen LogP contribution in [0.1, 0.15) is 11.6 Å². The average Bonchev–Trinajstić information content (AvgIpc) is 2.14. The van der Waals surface area contributed by atoms with Gasteiger partial charge in [0.1, 0.15) is 23.4 Å². The molecule has 82 valence electrons. The number of phenols is 1. The zero-order valence-electron chi connectivity index (χ0n) is 7.17. The topological polar surface area (TPSA) is 83.6 Å². The smallest absolute Gasteiger partial charge is 0.325 e. The Kier molecular flexibility index (Phi) is 3.25. The van der Waals surface area contributed by atoms with Gasteiger partial charge in [0.15, 0.2) is 0 Å². The number of aliphatic carboxylic acids is 1.